The number of likely N-dealkylation sites (N-methyl/N-ethyl adjacent to an activating group) is 1. The minimum atomic E-state index is 0. The van der Waals surface area contributed by atoms with Crippen molar-refractivity contribution in [2.75, 3.05) is 40.3 Å². The fourth-order valence-corrected chi connectivity index (χ4v) is 3.48. The van der Waals surface area contributed by atoms with Gasteiger partial charge in [0.2, 0.25) is 17.6 Å². The monoisotopic (exact) mass is 575 g/mol. The molecule has 0 saturated carbocycles. The molecule has 2 N–H and O–H groups in total. The molecule has 2 aromatic rings. The van der Waals surface area contributed by atoms with Crippen molar-refractivity contribution in [3.8, 4) is 11.4 Å². The van der Waals surface area contributed by atoms with Crippen molar-refractivity contribution < 1.29 is 9.32 Å². The molecule has 0 aliphatic carbocycles. The van der Waals surface area contributed by atoms with Crippen LogP contribution in [0.2, 0.25) is 5.02 Å². The Balaban J connectivity index is 0.00000363. The molecule has 1 amide bonds. The number of rotatable bonds is 7. The van der Waals surface area contributed by atoms with Gasteiger partial charge in [-0.15, -0.1) is 24.0 Å². The average molecular weight is 576 g/mol. The van der Waals surface area contributed by atoms with Gasteiger partial charge in [0.1, 0.15) is 6.54 Å². The van der Waals surface area contributed by atoms with Crippen LogP contribution in [0.25, 0.3) is 11.4 Å². The number of hydrogen-bond acceptors (Lipinski definition) is 6. The summed E-state index contributed by atoms with van der Waals surface area (Å²) in [6, 6.07) is 7.63. The van der Waals surface area contributed by atoms with Crippen LogP contribution in [0.5, 0.6) is 0 Å². The van der Waals surface area contributed by atoms with E-state index in [0.29, 0.717) is 35.3 Å². The quantitative estimate of drug-likeness (QED) is 0.298. The second-order valence-electron chi connectivity index (χ2n) is 7.70. The van der Waals surface area contributed by atoms with Crippen LogP contribution in [0, 0.1) is 0 Å². The second kappa shape index (κ2) is 12.9. The zero-order chi connectivity index (χ0) is 22.2. The van der Waals surface area contributed by atoms with Crippen LogP contribution < -0.4 is 10.6 Å². The predicted molar refractivity (Wildman–Crippen MR) is 136 cm³/mol. The van der Waals surface area contributed by atoms with Crippen LogP contribution >= 0.6 is 35.6 Å². The zero-order valence-electron chi connectivity index (χ0n) is 18.7. The Morgan fingerprint density at radius 3 is 2.75 bits per heavy atom. The second-order valence-corrected chi connectivity index (χ2v) is 8.14. The molecule has 3 rings (SSSR count). The van der Waals surface area contributed by atoms with Crippen molar-refractivity contribution in [2.45, 2.75) is 32.4 Å². The van der Waals surface area contributed by atoms with Gasteiger partial charge in [0.25, 0.3) is 0 Å². The summed E-state index contributed by atoms with van der Waals surface area (Å²) in [6.07, 6.45) is 1.90. The average Bonchev–Trinajstić information content (AvgIpc) is 3.22. The third kappa shape index (κ3) is 7.89. The maximum Gasteiger partial charge on any atom is 0.248 e. The van der Waals surface area contributed by atoms with E-state index in [2.05, 4.69) is 30.7 Å². The number of benzene rings is 1. The molecule has 11 heteroatoms. The number of halogens is 2. The number of aromatic nitrogens is 2. The van der Waals surface area contributed by atoms with Gasteiger partial charge in [0.05, 0.1) is 6.54 Å². The number of carbonyl (C=O) groups is 1. The van der Waals surface area contributed by atoms with Gasteiger partial charge in [0, 0.05) is 50.4 Å². The topological polar surface area (TPSA) is 98.9 Å². The molecule has 1 aromatic carbocycles. The molecule has 32 heavy (non-hydrogen) atoms. The SMILES string of the molecule is CCNC(=NCc1nc(-c2cccc(Cl)c2)no1)NC1CCN(CC(=O)N(C)C)CC1.I. The van der Waals surface area contributed by atoms with Gasteiger partial charge in [-0.3, -0.25) is 9.69 Å². The highest BCUT2D eigenvalue weighted by atomic mass is 127. The standard InChI is InChI=1S/C21H30ClN7O2.HI/c1-4-23-21(25-17-8-10-29(11-9-17)14-19(30)28(2)3)24-13-18-26-20(27-31-18)15-6-5-7-16(22)12-15;/h5-7,12,17H,4,8-11,13-14H2,1-3H3,(H2,23,24,25);1H. The minimum absolute atomic E-state index is 0. The lowest BCUT2D eigenvalue weighted by Crippen LogP contribution is -2.50. The number of amides is 1. The molecule has 1 saturated heterocycles. The van der Waals surface area contributed by atoms with Crippen LogP contribution in [0.1, 0.15) is 25.7 Å². The van der Waals surface area contributed by atoms with Crippen molar-refractivity contribution >= 4 is 47.4 Å². The first-order chi connectivity index (χ1) is 14.9. The summed E-state index contributed by atoms with van der Waals surface area (Å²) in [4.78, 5) is 24.7. The summed E-state index contributed by atoms with van der Waals surface area (Å²) in [5.41, 5.74) is 0.802. The fourth-order valence-electron chi connectivity index (χ4n) is 3.29. The maximum atomic E-state index is 11.9. The van der Waals surface area contributed by atoms with Gasteiger partial charge in [-0.1, -0.05) is 28.9 Å². The van der Waals surface area contributed by atoms with E-state index >= 15 is 0 Å². The normalized spacial score (nSPS) is 15.2. The number of nitrogens with zero attached hydrogens (tertiary/aromatic N) is 5. The summed E-state index contributed by atoms with van der Waals surface area (Å²) in [7, 11) is 3.58. The van der Waals surface area contributed by atoms with Gasteiger partial charge < -0.3 is 20.1 Å². The Morgan fingerprint density at radius 2 is 2.09 bits per heavy atom. The lowest BCUT2D eigenvalue weighted by Gasteiger charge is -2.33. The molecular formula is C21H31ClIN7O2. The highest BCUT2D eigenvalue weighted by Gasteiger charge is 2.22. The Hall–Kier alpha value is -1.92. The van der Waals surface area contributed by atoms with E-state index in [4.69, 9.17) is 16.1 Å². The summed E-state index contributed by atoms with van der Waals surface area (Å²) in [5, 5.41) is 11.4. The largest absolute Gasteiger partial charge is 0.357 e. The molecule has 2 heterocycles. The molecule has 1 aliphatic heterocycles. The molecule has 1 aromatic heterocycles. The third-order valence-corrected chi connectivity index (χ3v) is 5.29. The van der Waals surface area contributed by atoms with Gasteiger partial charge in [-0.05, 0) is 31.9 Å². The lowest BCUT2D eigenvalue weighted by atomic mass is 10.1. The smallest absolute Gasteiger partial charge is 0.248 e. The van der Waals surface area contributed by atoms with Crippen LogP contribution in [0.3, 0.4) is 0 Å². The minimum Gasteiger partial charge on any atom is -0.357 e. The number of aliphatic imine (C=N–C) groups is 1. The van der Waals surface area contributed by atoms with E-state index < -0.39 is 0 Å². The molecule has 0 unspecified atom stereocenters. The van der Waals surface area contributed by atoms with E-state index in [1.165, 1.54) is 0 Å². The van der Waals surface area contributed by atoms with Crippen LogP contribution in [0.4, 0.5) is 0 Å². The van der Waals surface area contributed by atoms with E-state index in [1.54, 1.807) is 31.1 Å². The number of carbonyl (C=O) groups excluding carboxylic acids is 1. The highest BCUT2D eigenvalue weighted by molar-refractivity contribution is 14.0. The number of guanidine groups is 1. The van der Waals surface area contributed by atoms with Crippen LogP contribution in [0.15, 0.2) is 33.8 Å². The highest BCUT2D eigenvalue weighted by Crippen LogP contribution is 2.20. The number of likely N-dealkylation sites (tertiary alicyclic amines) is 1. The van der Waals surface area contributed by atoms with Gasteiger partial charge >= 0.3 is 0 Å². The molecule has 0 atom stereocenters. The van der Waals surface area contributed by atoms with Crippen molar-refractivity contribution in [1.29, 1.82) is 0 Å². The van der Waals surface area contributed by atoms with Crippen molar-refractivity contribution in [3.05, 3.63) is 35.2 Å². The molecule has 0 radical (unpaired) electrons. The zero-order valence-corrected chi connectivity index (χ0v) is 21.8. The molecule has 1 fully saturated rings. The van der Waals surface area contributed by atoms with E-state index in [1.807, 2.05) is 19.1 Å². The Bertz CT molecular complexity index is 898. The number of piperidine rings is 1. The van der Waals surface area contributed by atoms with Crippen LogP contribution in [-0.4, -0.2) is 78.1 Å². The van der Waals surface area contributed by atoms with E-state index in [-0.39, 0.29) is 36.4 Å². The molecule has 9 nitrogen and oxygen atoms in total. The first kappa shape index (κ1) is 26.3. The third-order valence-electron chi connectivity index (χ3n) is 5.05. The number of nitrogens with one attached hydrogen (secondary N) is 2. The van der Waals surface area contributed by atoms with Crippen molar-refractivity contribution in [1.82, 2.24) is 30.6 Å². The molecule has 0 spiro atoms. The van der Waals surface area contributed by atoms with Gasteiger partial charge in [-0.2, -0.15) is 4.98 Å². The van der Waals surface area contributed by atoms with Crippen LogP contribution in [-0.2, 0) is 11.3 Å². The molecule has 1 aliphatic rings. The Kier molecular flexibility index (Phi) is 10.7. The summed E-state index contributed by atoms with van der Waals surface area (Å²) < 4.78 is 5.34. The van der Waals surface area contributed by atoms with E-state index in [9.17, 15) is 4.79 Å². The lowest BCUT2D eigenvalue weighted by molar-refractivity contribution is -0.130. The number of hydrogen-bond donors (Lipinski definition) is 2. The van der Waals surface area contributed by atoms with Crippen molar-refractivity contribution in [3.63, 3.8) is 0 Å². The predicted octanol–water partition coefficient (Wildman–Crippen LogP) is 2.62. The first-order valence-corrected chi connectivity index (χ1v) is 10.9. The summed E-state index contributed by atoms with van der Waals surface area (Å²) >= 11 is 6.03. The summed E-state index contributed by atoms with van der Waals surface area (Å²) in [6.45, 7) is 5.28. The van der Waals surface area contributed by atoms with Gasteiger partial charge in [-0.25, -0.2) is 4.99 Å². The van der Waals surface area contributed by atoms with Crippen molar-refractivity contribution in [2.24, 2.45) is 4.99 Å². The molecule has 176 valence electrons. The van der Waals surface area contributed by atoms with E-state index in [0.717, 1.165) is 38.0 Å². The molecular weight excluding hydrogens is 545 g/mol. The van der Waals surface area contributed by atoms with Gasteiger partial charge in [0.15, 0.2) is 5.96 Å². The fraction of sp³-hybridized carbons (Fsp3) is 0.524. The first-order valence-electron chi connectivity index (χ1n) is 10.5. The molecule has 0 bridgehead atoms. The Morgan fingerprint density at radius 1 is 1.34 bits per heavy atom. The summed E-state index contributed by atoms with van der Waals surface area (Å²) in [5.74, 6) is 1.78. The maximum absolute atomic E-state index is 11.9. The Labute approximate surface area is 211 Å².